The summed E-state index contributed by atoms with van der Waals surface area (Å²) in [5.74, 6) is 1.34. The number of rotatable bonds is 6. The molecular formula is C21H18N10. The molecule has 0 bridgehead atoms. The molecule has 0 spiro atoms. The molecule has 152 valence electrons. The summed E-state index contributed by atoms with van der Waals surface area (Å²) in [6.07, 6.45) is 4.28. The van der Waals surface area contributed by atoms with Gasteiger partial charge in [0.15, 0.2) is 5.65 Å². The monoisotopic (exact) mass is 410 g/mol. The first-order valence-corrected chi connectivity index (χ1v) is 9.79. The minimum absolute atomic E-state index is 0.465. The molecule has 0 aliphatic rings. The number of hydrogen-bond donors (Lipinski definition) is 2. The van der Waals surface area contributed by atoms with E-state index in [0.29, 0.717) is 23.6 Å². The summed E-state index contributed by atoms with van der Waals surface area (Å²) in [6.45, 7) is 2.64. The van der Waals surface area contributed by atoms with Crippen molar-refractivity contribution in [2.24, 2.45) is 0 Å². The molecule has 5 rings (SSSR count). The van der Waals surface area contributed by atoms with E-state index in [0.717, 1.165) is 34.9 Å². The van der Waals surface area contributed by atoms with Crippen molar-refractivity contribution < 1.29 is 0 Å². The van der Waals surface area contributed by atoms with E-state index >= 15 is 0 Å². The van der Waals surface area contributed by atoms with Crippen LogP contribution < -0.4 is 5.32 Å². The second-order valence-electron chi connectivity index (χ2n) is 6.91. The number of nitrogens with zero attached hydrogens (tertiary/aromatic N) is 8. The van der Waals surface area contributed by atoms with Gasteiger partial charge in [-0.2, -0.15) is 20.1 Å². The molecule has 0 saturated heterocycles. The van der Waals surface area contributed by atoms with Crippen molar-refractivity contribution in [1.82, 2.24) is 39.8 Å². The van der Waals surface area contributed by atoms with E-state index in [-0.39, 0.29) is 0 Å². The number of tetrazole rings is 1. The molecule has 0 amide bonds. The summed E-state index contributed by atoms with van der Waals surface area (Å²) in [4.78, 5) is 4.53. The normalized spacial score (nSPS) is 11.0. The SMILES string of the molecule is CCc1cc(NCc2ccc(-n3cccc3-c3nn[nH]n3)cc2)n2ncc(C#N)c2n1. The lowest BCUT2D eigenvalue weighted by atomic mass is 10.2. The Morgan fingerprint density at radius 3 is 2.81 bits per heavy atom. The average Bonchev–Trinajstić information content (AvgIpc) is 3.57. The Morgan fingerprint density at radius 2 is 2.06 bits per heavy atom. The Hall–Kier alpha value is -4.52. The Kier molecular flexibility index (Phi) is 4.61. The van der Waals surface area contributed by atoms with Gasteiger partial charge in [-0.3, -0.25) is 0 Å². The van der Waals surface area contributed by atoms with Gasteiger partial charge in [0.1, 0.15) is 17.5 Å². The average molecular weight is 410 g/mol. The third kappa shape index (κ3) is 3.38. The first-order valence-electron chi connectivity index (χ1n) is 9.79. The molecule has 0 unspecified atom stereocenters. The van der Waals surface area contributed by atoms with Gasteiger partial charge in [0.2, 0.25) is 5.82 Å². The fourth-order valence-electron chi connectivity index (χ4n) is 3.42. The lowest BCUT2D eigenvalue weighted by Crippen LogP contribution is -2.08. The second kappa shape index (κ2) is 7.72. The molecular weight excluding hydrogens is 392 g/mol. The van der Waals surface area contributed by atoms with Crippen LogP contribution >= 0.6 is 0 Å². The highest BCUT2D eigenvalue weighted by Gasteiger charge is 2.12. The van der Waals surface area contributed by atoms with Crippen LogP contribution in [-0.4, -0.2) is 39.8 Å². The number of benzene rings is 1. The molecule has 2 N–H and O–H groups in total. The molecule has 0 atom stereocenters. The summed E-state index contributed by atoms with van der Waals surface area (Å²) >= 11 is 0. The van der Waals surface area contributed by atoms with Crippen molar-refractivity contribution in [3.63, 3.8) is 0 Å². The third-order valence-corrected chi connectivity index (χ3v) is 5.02. The van der Waals surface area contributed by atoms with Crippen molar-refractivity contribution in [1.29, 1.82) is 5.26 Å². The largest absolute Gasteiger partial charge is 0.366 e. The molecule has 10 nitrogen and oxygen atoms in total. The molecule has 0 aliphatic carbocycles. The van der Waals surface area contributed by atoms with Crippen molar-refractivity contribution in [2.75, 3.05) is 5.32 Å². The summed E-state index contributed by atoms with van der Waals surface area (Å²) < 4.78 is 3.68. The standard InChI is InChI=1S/C21H18N10/c1-2-16-10-19(31-21(25-16)15(11-22)13-24-31)23-12-14-5-7-17(8-6-14)30-9-3-4-18(30)20-26-28-29-27-20/h3-10,13,23H,2,12H2,1H3,(H,26,27,28,29). The van der Waals surface area contributed by atoms with Crippen molar-refractivity contribution in [3.8, 4) is 23.3 Å². The van der Waals surface area contributed by atoms with Gasteiger partial charge in [0.25, 0.3) is 0 Å². The third-order valence-electron chi connectivity index (χ3n) is 5.02. The maximum atomic E-state index is 9.29. The number of nitrogens with one attached hydrogen (secondary N) is 2. The summed E-state index contributed by atoms with van der Waals surface area (Å²) in [7, 11) is 0. The van der Waals surface area contributed by atoms with Crippen LogP contribution in [0.1, 0.15) is 23.7 Å². The Morgan fingerprint density at radius 1 is 1.19 bits per heavy atom. The quantitative estimate of drug-likeness (QED) is 0.441. The van der Waals surface area contributed by atoms with Crippen molar-refractivity contribution in [2.45, 2.75) is 19.9 Å². The van der Waals surface area contributed by atoms with E-state index < -0.39 is 0 Å². The maximum Gasteiger partial charge on any atom is 0.221 e. The highest BCUT2D eigenvalue weighted by atomic mass is 15.5. The Balaban J connectivity index is 1.38. The minimum Gasteiger partial charge on any atom is -0.366 e. The zero-order chi connectivity index (χ0) is 21.2. The number of aromatic nitrogens is 8. The van der Waals surface area contributed by atoms with Gasteiger partial charge in [0.05, 0.1) is 11.9 Å². The van der Waals surface area contributed by atoms with E-state index in [1.54, 1.807) is 10.7 Å². The maximum absolute atomic E-state index is 9.29. The molecule has 31 heavy (non-hydrogen) atoms. The van der Waals surface area contributed by atoms with E-state index in [4.69, 9.17) is 0 Å². The van der Waals surface area contributed by atoms with E-state index in [1.165, 1.54) is 0 Å². The van der Waals surface area contributed by atoms with Gasteiger partial charge in [-0.25, -0.2) is 4.98 Å². The number of hydrogen-bond acceptors (Lipinski definition) is 7. The van der Waals surface area contributed by atoms with Crippen LogP contribution in [0, 0.1) is 11.3 Å². The summed E-state index contributed by atoms with van der Waals surface area (Å²) in [5, 5.41) is 31.3. The van der Waals surface area contributed by atoms with Gasteiger partial charge in [-0.05, 0) is 41.5 Å². The summed E-state index contributed by atoms with van der Waals surface area (Å²) in [6, 6.07) is 16.2. The fraction of sp³-hybridized carbons (Fsp3) is 0.143. The molecule has 4 heterocycles. The molecule has 0 fully saturated rings. The molecule has 0 saturated carbocycles. The van der Waals surface area contributed by atoms with Crippen molar-refractivity contribution >= 4 is 11.5 Å². The molecule has 4 aromatic heterocycles. The first kappa shape index (κ1) is 18.5. The van der Waals surface area contributed by atoms with Crippen LogP contribution in [0.25, 0.3) is 22.9 Å². The Labute approximate surface area is 177 Å². The van der Waals surface area contributed by atoms with Gasteiger partial charge < -0.3 is 9.88 Å². The van der Waals surface area contributed by atoms with Crippen LogP contribution in [0.3, 0.4) is 0 Å². The molecule has 1 aromatic carbocycles. The molecule has 0 aliphatic heterocycles. The number of aryl methyl sites for hydroxylation is 1. The number of aromatic amines is 1. The summed E-state index contributed by atoms with van der Waals surface area (Å²) in [5.41, 5.74) is 4.90. The number of fused-ring (bicyclic) bond motifs is 1. The van der Waals surface area contributed by atoms with Gasteiger partial charge in [0, 0.05) is 30.2 Å². The van der Waals surface area contributed by atoms with Crippen LogP contribution in [0.15, 0.2) is 54.9 Å². The highest BCUT2D eigenvalue weighted by Crippen LogP contribution is 2.21. The number of anilines is 1. The molecule has 5 aromatic rings. The van der Waals surface area contributed by atoms with Gasteiger partial charge >= 0.3 is 0 Å². The zero-order valence-corrected chi connectivity index (χ0v) is 16.7. The first-order chi connectivity index (χ1) is 15.3. The van der Waals surface area contributed by atoms with E-state index in [2.05, 4.69) is 54.2 Å². The lowest BCUT2D eigenvalue weighted by molar-refractivity contribution is 0.881. The smallest absolute Gasteiger partial charge is 0.221 e. The predicted octanol–water partition coefficient (Wildman–Crippen LogP) is 2.75. The van der Waals surface area contributed by atoms with Crippen LogP contribution in [0.2, 0.25) is 0 Å². The molecule has 10 heteroatoms. The predicted molar refractivity (Wildman–Crippen MR) is 113 cm³/mol. The topological polar surface area (TPSA) is 125 Å². The van der Waals surface area contributed by atoms with Crippen LogP contribution in [-0.2, 0) is 13.0 Å². The van der Waals surface area contributed by atoms with Crippen molar-refractivity contribution in [3.05, 3.63) is 71.7 Å². The van der Waals surface area contributed by atoms with E-state index in [1.807, 2.05) is 48.0 Å². The van der Waals surface area contributed by atoms with Crippen LogP contribution in [0.5, 0.6) is 0 Å². The molecule has 0 radical (unpaired) electrons. The van der Waals surface area contributed by atoms with Gasteiger partial charge in [-0.15, -0.1) is 10.2 Å². The van der Waals surface area contributed by atoms with Gasteiger partial charge in [-0.1, -0.05) is 19.1 Å². The number of H-pyrrole nitrogens is 1. The minimum atomic E-state index is 0.465. The zero-order valence-electron chi connectivity index (χ0n) is 16.7. The Bertz CT molecular complexity index is 1370. The van der Waals surface area contributed by atoms with E-state index in [9.17, 15) is 5.26 Å². The highest BCUT2D eigenvalue weighted by molar-refractivity contribution is 5.59. The number of nitriles is 1. The van der Waals surface area contributed by atoms with Crippen LogP contribution in [0.4, 0.5) is 5.82 Å². The second-order valence-corrected chi connectivity index (χ2v) is 6.91. The fourth-order valence-corrected chi connectivity index (χ4v) is 3.42. The lowest BCUT2D eigenvalue weighted by Gasteiger charge is -2.11.